The summed E-state index contributed by atoms with van der Waals surface area (Å²) in [4.78, 5) is 5.28. The van der Waals surface area contributed by atoms with Crippen LogP contribution in [0.25, 0.3) is 87.5 Å². The van der Waals surface area contributed by atoms with Crippen LogP contribution < -0.4 is 0 Å². The number of rotatable bonds is 2. The predicted molar refractivity (Wildman–Crippen MR) is 172 cm³/mol. The maximum atomic E-state index is 6.43. The standard InChI is InChI=1S/C39H23NO/c1-2-10-24(11-3-1)34-23-26-22-25(18-19-27(26)28-12-4-5-13-29(28)34)38-32-16-7-6-15-31(32)37-35(40-38)21-20-33-30-14-8-9-17-36(30)41-39(33)37/h1-23H. The molecule has 0 aliphatic rings. The molecule has 2 nitrogen and oxygen atoms in total. The van der Waals surface area contributed by atoms with E-state index in [0.717, 1.165) is 54.9 Å². The van der Waals surface area contributed by atoms with Crippen LogP contribution in [0.15, 0.2) is 144 Å². The van der Waals surface area contributed by atoms with Gasteiger partial charge in [0, 0.05) is 21.7 Å². The van der Waals surface area contributed by atoms with E-state index in [1.807, 2.05) is 12.1 Å². The Balaban J connectivity index is 1.34. The van der Waals surface area contributed by atoms with Crippen molar-refractivity contribution in [1.82, 2.24) is 4.98 Å². The van der Waals surface area contributed by atoms with Crippen molar-refractivity contribution >= 4 is 65.2 Å². The molecule has 2 heteroatoms. The fourth-order valence-corrected chi connectivity index (χ4v) is 6.56. The second-order valence-electron chi connectivity index (χ2n) is 10.7. The highest BCUT2D eigenvalue weighted by Crippen LogP contribution is 2.41. The summed E-state index contributed by atoms with van der Waals surface area (Å²) in [6.07, 6.45) is 0. The normalized spacial score (nSPS) is 11.9. The molecule has 2 aromatic heterocycles. The number of pyridine rings is 1. The van der Waals surface area contributed by atoms with Crippen LogP contribution in [-0.4, -0.2) is 4.98 Å². The highest BCUT2D eigenvalue weighted by Gasteiger charge is 2.17. The van der Waals surface area contributed by atoms with Crippen molar-refractivity contribution in [2.24, 2.45) is 0 Å². The quantitative estimate of drug-likeness (QED) is 0.211. The van der Waals surface area contributed by atoms with Gasteiger partial charge >= 0.3 is 0 Å². The van der Waals surface area contributed by atoms with Crippen LogP contribution >= 0.6 is 0 Å². The van der Waals surface area contributed by atoms with Gasteiger partial charge in [0.1, 0.15) is 11.2 Å². The lowest BCUT2D eigenvalue weighted by molar-refractivity contribution is 0.673. The lowest BCUT2D eigenvalue weighted by Crippen LogP contribution is -1.91. The van der Waals surface area contributed by atoms with Crippen molar-refractivity contribution in [1.29, 1.82) is 0 Å². The third kappa shape index (κ3) is 3.28. The summed E-state index contributed by atoms with van der Waals surface area (Å²) in [5.41, 5.74) is 7.30. The molecule has 0 bridgehead atoms. The molecule has 9 rings (SSSR count). The van der Waals surface area contributed by atoms with Gasteiger partial charge in [-0.3, -0.25) is 0 Å². The van der Waals surface area contributed by atoms with E-state index >= 15 is 0 Å². The Morgan fingerprint density at radius 2 is 1.12 bits per heavy atom. The third-order valence-corrected chi connectivity index (χ3v) is 8.43. The zero-order valence-electron chi connectivity index (χ0n) is 22.1. The first-order valence-electron chi connectivity index (χ1n) is 14.0. The molecule has 0 unspecified atom stereocenters. The Labute approximate surface area is 236 Å². The highest BCUT2D eigenvalue weighted by atomic mass is 16.3. The maximum absolute atomic E-state index is 6.43. The van der Waals surface area contributed by atoms with Gasteiger partial charge in [-0.2, -0.15) is 0 Å². The van der Waals surface area contributed by atoms with Gasteiger partial charge in [0.2, 0.25) is 0 Å². The number of hydrogen-bond acceptors (Lipinski definition) is 2. The number of fused-ring (bicyclic) bond motifs is 10. The molecule has 0 saturated heterocycles. The summed E-state index contributed by atoms with van der Waals surface area (Å²) in [5, 5.41) is 10.6. The summed E-state index contributed by atoms with van der Waals surface area (Å²) in [6.45, 7) is 0. The van der Waals surface area contributed by atoms with Gasteiger partial charge < -0.3 is 4.42 Å². The van der Waals surface area contributed by atoms with Crippen molar-refractivity contribution in [2.45, 2.75) is 0 Å². The summed E-state index contributed by atoms with van der Waals surface area (Å²) in [6, 6.07) is 49.6. The maximum Gasteiger partial charge on any atom is 0.145 e. The predicted octanol–water partition coefficient (Wildman–Crippen LogP) is 10.9. The lowest BCUT2D eigenvalue weighted by Gasteiger charge is -2.14. The summed E-state index contributed by atoms with van der Waals surface area (Å²) in [7, 11) is 0. The molecule has 9 aromatic rings. The molecule has 0 spiro atoms. The second-order valence-corrected chi connectivity index (χ2v) is 10.7. The number of nitrogens with zero attached hydrogens (tertiary/aromatic N) is 1. The Hall–Kier alpha value is -5.47. The van der Waals surface area contributed by atoms with Gasteiger partial charge in [-0.25, -0.2) is 4.98 Å². The van der Waals surface area contributed by atoms with E-state index in [-0.39, 0.29) is 0 Å². The zero-order chi connectivity index (χ0) is 26.9. The molecule has 41 heavy (non-hydrogen) atoms. The molecule has 0 saturated carbocycles. The van der Waals surface area contributed by atoms with E-state index in [9.17, 15) is 0 Å². The second kappa shape index (κ2) is 8.51. The largest absolute Gasteiger partial charge is 0.455 e. The van der Waals surface area contributed by atoms with Crippen LogP contribution in [0.3, 0.4) is 0 Å². The first-order valence-corrected chi connectivity index (χ1v) is 14.0. The molecular formula is C39H23NO. The lowest BCUT2D eigenvalue weighted by atomic mass is 9.91. The van der Waals surface area contributed by atoms with Gasteiger partial charge in [0.15, 0.2) is 0 Å². The minimum absolute atomic E-state index is 0.899. The number of hydrogen-bond donors (Lipinski definition) is 0. The summed E-state index contributed by atoms with van der Waals surface area (Å²) in [5.74, 6) is 0. The van der Waals surface area contributed by atoms with Crippen LogP contribution in [0.2, 0.25) is 0 Å². The molecular weight excluding hydrogens is 498 g/mol. The summed E-state index contributed by atoms with van der Waals surface area (Å²) >= 11 is 0. The smallest absolute Gasteiger partial charge is 0.145 e. The fraction of sp³-hybridized carbons (Fsp3) is 0. The first-order chi connectivity index (χ1) is 20.3. The zero-order valence-corrected chi connectivity index (χ0v) is 22.1. The molecule has 190 valence electrons. The van der Waals surface area contributed by atoms with E-state index in [1.165, 1.54) is 32.7 Å². The Morgan fingerprint density at radius 3 is 1.98 bits per heavy atom. The number of para-hydroxylation sites is 1. The molecule has 0 aliphatic carbocycles. The highest BCUT2D eigenvalue weighted by molar-refractivity contribution is 6.24. The average Bonchev–Trinajstić information content (AvgIpc) is 3.43. The van der Waals surface area contributed by atoms with Gasteiger partial charge in [0.25, 0.3) is 0 Å². The molecule has 0 radical (unpaired) electrons. The van der Waals surface area contributed by atoms with E-state index in [4.69, 9.17) is 9.40 Å². The van der Waals surface area contributed by atoms with E-state index in [0.29, 0.717) is 0 Å². The van der Waals surface area contributed by atoms with Crippen LogP contribution in [0.5, 0.6) is 0 Å². The van der Waals surface area contributed by atoms with Gasteiger partial charge in [0.05, 0.1) is 16.6 Å². The minimum Gasteiger partial charge on any atom is -0.455 e. The average molecular weight is 522 g/mol. The molecule has 0 N–H and O–H groups in total. The minimum atomic E-state index is 0.899. The van der Waals surface area contributed by atoms with Crippen LogP contribution in [0, 0.1) is 0 Å². The molecule has 0 atom stereocenters. The van der Waals surface area contributed by atoms with Crippen molar-refractivity contribution in [2.75, 3.05) is 0 Å². The molecule has 7 aromatic carbocycles. The first kappa shape index (κ1) is 22.4. The molecule has 0 aliphatic heterocycles. The van der Waals surface area contributed by atoms with Crippen molar-refractivity contribution in [3.63, 3.8) is 0 Å². The van der Waals surface area contributed by atoms with Crippen LogP contribution in [0.1, 0.15) is 0 Å². The number of furan rings is 1. The van der Waals surface area contributed by atoms with Crippen molar-refractivity contribution < 1.29 is 4.42 Å². The van der Waals surface area contributed by atoms with E-state index < -0.39 is 0 Å². The SMILES string of the molecule is c1ccc(-c2cc3cc(-c4nc5ccc6c7ccccc7oc6c5c5ccccc45)ccc3c3ccccc23)cc1. The number of aromatic nitrogens is 1. The fourth-order valence-electron chi connectivity index (χ4n) is 6.56. The summed E-state index contributed by atoms with van der Waals surface area (Å²) < 4.78 is 6.43. The third-order valence-electron chi connectivity index (χ3n) is 8.43. The van der Waals surface area contributed by atoms with Crippen molar-refractivity contribution in [3.05, 3.63) is 140 Å². The Morgan fingerprint density at radius 1 is 0.439 bits per heavy atom. The Kier molecular flexibility index (Phi) is 4.64. The van der Waals surface area contributed by atoms with Crippen LogP contribution in [-0.2, 0) is 0 Å². The molecule has 0 fully saturated rings. The van der Waals surface area contributed by atoms with Gasteiger partial charge in [-0.15, -0.1) is 0 Å². The van der Waals surface area contributed by atoms with Gasteiger partial charge in [-0.05, 0) is 68.4 Å². The van der Waals surface area contributed by atoms with E-state index in [1.54, 1.807) is 0 Å². The van der Waals surface area contributed by atoms with E-state index in [2.05, 4.69) is 127 Å². The Bertz CT molecular complexity index is 2470. The topological polar surface area (TPSA) is 26.0 Å². The van der Waals surface area contributed by atoms with Crippen molar-refractivity contribution in [3.8, 4) is 22.4 Å². The van der Waals surface area contributed by atoms with Crippen LogP contribution in [0.4, 0.5) is 0 Å². The number of benzene rings is 7. The monoisotopic (exact) mass is 521 g/mol. The molecule has 2 heterocycles. The molecule has 0 amide bonds. The van der Waals surface area contributed by atoms with Gasteiger partial charge in [-0.1, -0.05) is 109 Å².